The molecule has 6 rings (SSSR count). The summed E-state index contributed by atoms with van der Waals surface area (Å²) in [5.74, 6) is 1.30. The number of para-hydroxylation sites is 2. The van der Waals surface area contributed by atoms with E-state index < -0.39 is 0 Å². The first-order valence-corrected chi connectivity index (χ1v) is 13.4. The Morgan fingerprint density at radius 1 is 0.756 bits per heavy atom. The standard InChI is InChI=1S/C34H28N4O3/c1-3-41-30-20-16-24(17-21-30)32-26(23-37(35-32)27-10-6-4-7-11-27)22-31-33(25-14-18-29(40-2)19-15-25)36-38(34(31)39)28-12-8-5-9-13-28/h4-23H,3H2,1-2H3/b31-22-. The van der Waals surface area contributed by atoms with Crippen LogP contribution in [0.4, 0.5) is 5.69 Å². The Bertz CT molecular complexity index is 1720. The number of nitrogens with zero attached hydrogens (tertiary/aromatic N) is 4. The molecule has 7 nitrogen and oxygen atoms in total. The van der Waals surface area contributed by atoms with Crippen LogP contribution in [-0.2, 0) is 4.79 Å². The largest absolute Gasteiger partial charge is 0.497 e. The van der Waals surface area contributed by atoms with E-state index >= 15 is 0 Å². The van der Waals surface area contributed by atoms with Crippen molar-refractivity contribution in [3.8, 4) is 28.4 Å². The summed E-state index contributed by atoms with van der Waals surface area (Å²) in [5.41, 5.74) is 5.90. The lowest BCUT2D eigenvalue weighted by Gasteiger charge is -2.10. The molecule has 1 aliphatic rings. The zero-order valence-corrected chi connectivity index (χ0v) is 22.8. The van der Waals surface area contributed by atoms with Crippen LogP contribution in [0.5, 0.6) is 11.5 Å². The average molecular weight is 541 g/mol. The molecular formula is C34H28N4O3. The molecule has 0 saturated heterocycles. The van der Waals surface area contributed by atoms with Crippen LogP contribution in [0.15, 0.2) is 126 Å². The molecule has 1 aliphatic heterocycles. The van der Waals surface area contributed by atoms with E-state index in [2.05, 4.69) is 0 Å². The van der Waals surface area contributed by atoms with Crippen LogP contribution in [-0.4, -0.2) is 35.1 Å². The molecule has 0 N–H and O–H groups in total. The molecule has 41 heavy (non-hydrogen) atoms. The van der Waals surface area contributed by atoms with Gasteiger partial charge in [-0.3, -0.25) is 4.79 Å². The highest BCUT2D eigenvalue weighted by Gasteiger charge is 2.32. The molecule has 0 fully saturated rings. The molecular weight excluding hydrogens is 512 g/mol. The predicted molar refractivity (Wildman–Crippen MR) is 162 cm³/mol. The zero-order chi connectivity index (χ0) is 28.2. The van der Waals surface area contributed by atoms with Crippen LogP contribution >= 0.6 is 0 Å². The van der Waals surface area contributed by atoms with Crippen molar-refractivity contribution >= 4 is 23.4 Å². The summed E-state index contributed by atoms with van der Waals surface area (Å²) < 4.78 is 12.8. The van der Waals surface area contributed by atoms with Crippen LogP contribution in [0.1, 0.15) is 18.1 Å². The quantitative estimate of drug-likeness (QED) is 0.204. The SMILES string of the molecule is CCOc1ccc(-c2nn(-c3ccccc3)cc2/C=C2\C(=O)N(c3ccccc3)N=C2c2ccc(OC)cc2)cc1. The monoisotopic (exact) mass is 540 g/mol. The summed E-state index contributed by atoms with van der Waals surface area (Å²) >= 11 is 0. The average Bonchev–Trinajstić information content (AvgIpc) is 3.60. The second kappa shape index (κ2) is 11.4. The molecule has 0 saturated carbocycles. The maximum absolute atomic E-state index is 13.9. The molecule has 5 aromatic rings. The minimum Gasteiger partial charge on any atom is -0.497 e. The highest BCUT2D eigenvalue weighted by atomic mass is 16.5. The lowest BCUT2D eigenvalue weighted by molar-refractivity contribution is -0.114. The minimum atomic E-state index is -0.216. The van der Waals surface area contributed by atoms with E-state index in [-0.39, 0.29) is 5.91 Å². The highest BCUT2D eigenvalue weighted by molar-refractivity contribution is 6.37. The summed E-state index contributed by atoms with van der Waals surface area (Å²) in [6.07, 6.45) is 3.82. The van der Waals surface area contributed by atoms with Gasteiger partial charge in [-0.2, -0.15) is 15.2 Å². The Balaban J connectivity index is 1.50. The normalized spacial score (nSPS) is 13.9. The predicted octanol–water partition coefficient (Wildman–Crippen LogP) is 6.78. The van der Waals surface area contributed by atoms with Gasteiger partial charge in [0.1, 0.15) is 17.2 Å². The van der Waals surface area contributed by atoms with Crippen molar-refractivity contribution in [2.24, 2.45) is 5.10 Å². The van der Waals surface area contributed by atoms with Crippen LogP contribution < -0.4 is 14.5 Å². The maximum atomic E-state index is 13.9. The Morgan fingerprint density at radius 2 is 1.37 bits per heavy atom. The highest BCUT2D eigenvalue weighted by Crippen LogP contribution is 2.32. The second-order valence-electron chi connectivity index (χ2n) is 9.36. The number of amides is 1. The Morgan fingerprint density at radius 3 is 2.00 bits per heavy atom. The third-order valence-electron chi connectivity index (χ3n) is 6.74. The van der Waals surface area contributed by atoms with Crippen molar-refractivity contribution < 1.29 is 14.3 Å². The van der Waals surface area contributed by atoms with Crippen LogP contribution in [0, 0.1) is 0 Å². The Hall–Kier alpha value is -5.43. The third-order valence-corrected chi connectivity index (χ3v) is 6.74. The minimum absolute atomic E-state index is 0.216. The summed E-state index contributed by atoms with van der Waals surface area (Å²) in [4.78, 5) is 13.9. The molecule has 0 bridgehead atoms. The smallest absolute Gasteiger partial charge is 0.281 e. The van der Waals surface area contributed by atoms with Crippen molar-refractivity contribution in [2.75, 3.05) is 18.7 Å². The van der Waals surface area contributed by atoms with Crippen molar-refractivity contribution in [2.45, 2.75) is 6.92 Å². The van der Waals surface area contributed by atoms with E-state index in [0.717, 1.165) is 39.6 Å². The first-order chi connectivity index (χ1) is 20.1. The molecule has 0 spiro atoms. The van der Waals surface area contributed by atoms with E-state index in [1.165, 1.54) is 5.01 Å². The van der Waals surface area contributed by atoms with Gasteiger partial charge in [-0.1, -0.05) is 36.4 Å². The number of carbonyl (C=O) groups excluding carboxylic acids is 1. The van der Waals surface area contributed by atoms with Gasteiger partial charge in [-0.25, -0.2) is 4.68 Å². The number of carbonyl (C=O) groups is 1. The molecule has 1 aromatic heterocycles. The number of hydrogen-bond acceptors (Lipinski definition) is 5. The lowest BCUT2D eigenvalue weighted by Crippen LogP contribution is -2.21. The van der Waals surface area contributed by atoms with Gasteiger partial charge in [0.25, 0.3) is 5.91 Å². The lowest BCUT2D eigenvalue weighted by atomic mass is 9.99. The Kier molecular flexibility index (Phi) is 7.15. The van der Waals surface area contributed by atoms with Gasteiger partial charge in [-0.05, 0) is 85.8 Å². The van der Waals surface area contributed by atoms with Crippen molar-refractivity contribution in [1.82, 2.24) is 9.78 Å². The fourth-order valence-corrected chi connectivity index (χ4v) is 4.71. The van der Waals surface area contributed by atoms with Crippen molar-refractivity contribution in [3.63, 3.8) is 0 Å². The van der Waals surface area contributed by atoms with E-state index in [1.807, 2.05) is 133 Å². The summed E-state index contributed by atoms with van der Waals surface area (Å²) in [5, 5.41) is 11.2. The summed E-state index contributed by atoms with van der Waals surface area (Å²) in [7, 11) is 1.63. The van der Waals surface area contributed by atoms with Gasteiger partial charge in [0.15, 0.2) is 0 Å². The summed E-state index contributed by atoms with van der Waals surface area (Å²) in [6, 6.07) is 34.7. The van der Waals surface area contributed by atoms with E-state index in [1.54, 1.807) is 7.11 Å². The number of benzene rings is 4. The molecule has 0 aliphatic carbocycles. The van der Waals surface area contributed by atoms with Gasteiger partial charge in [0.2, 0.25) is 0 Å². The third kappa shape index (κ3) is 5.25. The van der Waals surface area contributed by atoms with E-state index in [9.17, 15) is 4.79 Å². The fraction of sp³-hybridized carbons (Fsp3) is 0.0882. The van der Waals surface area contributed by atoms with Gasteiger partial charge in [0.05, 0.1) is 36.4 Å². The number of rotatable bonds is 8. The van der Waals surface area contributed by atoms with Crippen LogP contribution in [0.25, 0.3) is 23.0 Å². The summed E-state index contributed by atoms with van der Waals surface area (Å²) in [6.45, 7) is 2.55. The molecule has 7 heteroatoms. The first kappa shape index (κ1) is 25.8. The first-order valence-electron chi connectivity index (χ1n) is 13.4. The van der Waals surface area contributed by atoms with Crippen molar-refractivity contribution in [3.05, 3.63) is 132 Å². The topological polar surface area (TPSA) is 69.0 Å². The molecule has 202 valence electrons. The number of methoxy groups -OCH3 is 1. The second-order valence-corrected chi connectivity index (χ2v) is 9.36. The molecule has 0 unspecified atom stereocenters. The van der Waals surface area contributed by atoms with Gasteiger partial charge in [-0.15, -0.1) is 0 Å². The maximum Gasteiger partial charge on any atom is 0.281 e. The van der Waals surface area contributed by atoms with E-state index in [0.29, 0.717) is 23.6 Å². The Labute approximate surface area is 238 Å². The van der Waals surface area contributed by atoms with E-state index in [4.69, 9.17) is 19.7 Å². The number of hydrazone groups is 1. The number of ether oxygens (including phenoxy) is 2. The van der Waals surface area contributed by atoms with Gasteiger partial charge in [0, 0.05) is 22.9 Å². The number of anilines is 1. The van der Waals surface area contributed by atoms with Gasteiger partial charge < -0.3 is 9.47 Å². The molecule has 0 radical (unpaired) electrons. The zero-order valence-electron chi connectivity index (χ0n) is 22.8. The number of aromatic nitrogens is 2. The van der Waals surface area contributed by atoms with Crippen LogP contribution in [0.2, 0.25) is 0 Å². The molecule has 1 amide bonds. The van der Waals surface area contributed by atoms with Crippen molar-refractivity contribution in [1.29, 1.82) is 0 Å². The van der Waals surface area contributed by atoms with Crippen LogP contribution in [0.3, 0.4) is 0 Å². The molecule has 4 aromatic carbocycles. The molecule has 0 atom stereocenters. The fourth-order valence-electron chi connectivity index (χ4n) is 4.71. The number of hydrogen-bond donors (Lipinski definition) is 0. The molecule has 2 heterocycles. The van der Waals surface area contributed by atoms with Gasteiger partial charge >= 0.3 is 0 Å².